The van der Waals surface area contributed by atoms with Gasteiger partial charge in [-0.3, -0.25) is 0 Å². The van der Waals surface area contributed by atoms with Crippen LogP contribution in [-0.4, -0.2) is 12.3 Å². The average Bonchev–Trinajstić information content (AvgIpc) is 1.61. The molecule has 0 fully saturated rings. The van der Waals surface area contributed by atoms with E-state index in [0.717, 1.165) is 0 Å². The first-order valence-corrected chi connectivity index (χ1v) is 1.39. The van der Waals surface area contributed by atoms with Crippen LogP contribution in [0, 0.1) is 0 Å². The molecule has 0 rings (SSSR count). The van der Waals surface area contributed by atoms with E-state index >= 15 is 0 Å². The molecule has 0 aromatic heterocycles. The number of rotatable bonds is 0. The maximum atomic E-state index is 9.15. The molecule has 6 nitrogen and oxygen atoms in total. The smallest absolute Gasteiger partial charge is 0.424 e. The predicted molar refractivity (Wildman–Crippen MR) is 13.0 cm³/mol. The van der Waals surface area contributed by atoms with Crippen LogP contribution in [0.1, 0.15) is 0 Å². The molecule has 0 bridgehead atoms. The molecule has 0 heterocycles. The molecule has 0 aromatic carbocycles. The van der Waals surface area contributed by atoms with Crippen LogP contribution in [0.2, 0.25) is 0 Å². The van der Waals surface area contributed by atoms with Crippen LogP contribution in [0.25, 0.3) is 0 Å². The Bertz CT molecular complexity index is 98.3. The maximum absolute atomic E-state index is 9.15. The van der Waals surface area contributed by atoms with Crippen LogP contribution >= 0.6 is 0 Å². The summed E-state index contributed by atoms with van der Waals surface area (Å²) in [5.74, 6) is 0. The Morgan fingerprint density at radius 3 is 1.20 bits per heavy atom. The molecule has 0 aliphatic heterocycles. The molecule has 0 atom stereocenters. The fraction of sp³-hybridized carbons (Fsp3) is 0. The van der Waals surface area contributed by atoms with E-state index in [4.69, 9.17) is 19.8 Å². The van der Waals surface area contributed by atoms with Crippen molar-refractivity contribution in [1.29, 1.82) is 0 Å². The summed E-state index contributed by atoms with van der Waals surface area (Å²) >= 11 is 0. The summed E-state index contributed by atoms with van der Waals surface area (Å²) in [4.78, 5) is 24.2. The molecule has 0 saturated carbocycles. The molecule has 0 aliphatic carbocycles. The van der Waals surface area contributed by atoms with Crippen molar-refractivity contribution >= 4 is 12.3 Å². The van der Waals surface area contributed by atoms with Gasteiger partial charge in [-0.05, 0) is 0 Å². The van der Waals surface area contributed by atoms with Crippen LogP contribution in [0.3, 0.4) is 0 Å². The van der Waals surface area contributed by atoms with Gasteiger partial charge in [-0.25, -0.2) is 0 Å². The third-order valence-electron chi connectivity index (χ3n) is 0.178. The van der Waals surface area contributed by atoms with Gasteiger partial charge in [-0.15, -0.1) is 0 Å². The third-order valence-corrected chi connectivity index (χ3v) is 0.178. The standard InChI is InChI=1S/C2H2O6.2Li/c3-1(4)7-8-2(5)6;;/h(H,3,4)(H,5,6);;/q;2*+1/p-2. The van der Waals surface area contributed by atoms with E-state index in [1.807, 2.05) is 0 Å². The average molecular weight is 134 g/mol. The number of carbonyl (C=O) groups is 2. The summed E-state index contributed by atoms with van der Waals surface area (Å²) in [5, 5.41) is 18.3. The minimum Gasteiger partial charge on any atom is -0.424 e. The Kier molecular flexibility index (Phi) is 14.3. The Morgan fingerprint density at radius 1 is 0.900 bits per heavy atom. The molecule has 0 aliphatic rings. The second-order valence-electron chi connectivity index (χ2n) is 0.667. The summed E-state index contributed by atoms with van der Waals surface area (Å²) in [5.41, 5.74) is 0. The van der Waals surface area contributed by atoms with E-state index in [1.165, 1.54) is 0 Å². The molecular weight excluding hydrogens is 134 g/mol. The number of hydrogen-bond acceptors (Lipinski definition) is 6. The van der Waals surface area contributed by atoms with Crippen molar-refractivity contribution in [3.63, 3.8) is 0 Å². The van der Waals surface area contributed by atoms with E-state index < -0.39 is 12.3 Å². The Hall–Kier alpha value is -0.265. The molecule has 0 saturated heterocycles. The molecule has 0 amide bonds. The van der Waals surface area contributed by atoms with Crippen molar-refractivity contribution < 1.29 is 67.3 Å². The Labute approximate surface area is 79.8 Å². The second kappa shape index (κ2) is 8.73. The summed E-state index contributed by atoms with van der Waals surface area (Å²) < 4.78 is 0. The van der Waals surface area contributed by atoms with Gasteiger partial charge in [0, 0.05) is 0 Å². The van der Waals surface area contributed by atoms with Crippen molar-refractivity contribution in [1.82, 2.24) is 0 Å². The molecule has 0 radical (unpaired) electrons. The minimum atomic E-state index is -2.09. The van der Waals surface area contributed by atoms with Gasteiger partial charge in [0.2, 0.25) is 0 Å². The fourth-order valence-corrected chi connectivity index (χ4v) is 0.0680. The summed E-state index contributed by atoms with van der Waals surface area (Å²) in [6.07, 6.45) is -4.18. The van der Waals surface area contributed by atoms with Crippen molar-refractivity contribution in [2.45, 2.75) is 0 Å². The van der Waals surface area contributed by atoms with Gasteiger partial charge < -0.3 is 29.6 Å². The molecule has 0 N–H and O–H groups in total. The zero-order valence-electron chi connectivity index (χ0n) is 5.45. The largest absolute Gasteiger partial charge is 1.00 e. The maximum Gasteiger partial charge on any atom is 1.00 e. The number of carboxylic acid groups (broad SMARTS) is 2. The van der Waals surface area contributed by atoms with Gasteiger partial charge in [-0.1, -0.05) is 0 Å². The second-order valence-corrected chi connectivity index (χ2v) is 0.667. The molecule has 8 heteroatoms. The SMILES string of the molecule is O=C([O-])OOC(=O)[O-].[Li+].[Li+]. The van der Waals surface area contributed by atoms with E-state index in [2.05, 4.69) is 9.78 Å². The molecule has 10 heavy (non-hydrogen) atoms. The molecule has 46 valence electrons. The number of carbonyl (C=O) groups excluding carboxylic acids is 2. The van der Waals surface area contributed by atoms with Crippen LogP contribution in [-0.2, 0) is 9.78 Å². The van der Waals surface area contributed by atoms with E-state index in [-0.39, 0.29) is 37.7 Å². The van der Waals surface area contributed by atoms with Crippen molar-refractivity contribution in [3.05, 3.63) is 0 Å². The van der Waals surface area contributed by atoms with Gasteiger partial charge in [0.15, 0.2) is 0 Å². The first-order valence-electron chi connectivity index (χ1n) is 1.39. The van der Waals surface area contributed by atoms with Crippen molar-refractivity contribution in [2.75, 3.05) is 0 Å². The minimum absolute atomic E-state index is 0. The van der Waals surface area contributed by atoms with Gasteiger partial charge in [0.25, 0.3) is 12.3 Å². The van der Waals surface area contributed by atoms with Gasteiger partial charge in [-0.2, -0.15) is 0 Å². The van der Waals surface area contributed by atoms with Crippen LogP contribution in [0.15, 0.2) is 0 Å². The zero-order chi connectivity index (χ0) is 6.57. The third kappa shape index (κ3) is 15.6. The van der Waals surface area contributed by atoms with Crippen LogP contribution in [0.5, 0.6) is 0 Å². The summed E-state index contributed by atoms with van der Waals surface area (Å²) in [7, 11) is 0. The Morgan fingerprint density at radius 2 is 1.10 bits per heavy atom. The van der Waals surface area contributed by atoms with E-state index in [0.29, 0.717) is 0 Å². The first-order chi connectivity index (χ1) is 3.63. The van der Waals surface area contributed by atoms with Gasteiger partial charge in [0.05, 0.1) is 0 Å². The van der Waals surface area contributed by atoms with Crippen molar-refractivity contribution in [3.8, 4) is 0 Å². The van der Waals surface area contributed by atoms with E-state index in [1.54, 1.807) is 0 Å². The first kappa shape index (κ1) is 16.4. The van der Waals surface area contributed by atoms with Crippen LogP contribution in [0.4, 0.5) is 9.59 Å². The molecule has 0 unspecified atom stereocenters. The quantitative estimate of drug-likeness (QED) is 0.185. The van der Waals surface area contributed by atoms with Gasteiger partial charge >= 0.3 is 37.7 Å². The number of hydrogen-bond donors (Lipinski definition) is 0. The monoisotopic (exact) mass is 134 g/mol. The molecular formula is C2Li2O6. The normalized spacial score (nSPS) is 6.00. The van der Waals surface area contributed by atoms with Crippen molar-refractivity contribution in [2.24, 2.45) is 0 Å². The topological polar surface area (TPSA) is 98.7 Å². The molecule has 0 aromatic rings. The fourth-order valence-electron chi connectivity index (χ4n) is 0.0680. The van der Waals surface area contributed by atoms with Crippen LogP contribution < -0.4 is 47.9 Å². The van der Waals surface area contributed by atoms with Gasteiger partial charge in [0.1, 0.15) is 0 Å². The molecule has 0 spiro atoms. The summed E-state index contributed by atoms with van der Waals surface area (Å²) in [6.45, 7) is 0. The van der Waals surface area contributed by atoms with E-state index in [9.17, 15) is 0 Å². The zero-order valence-corrected chi connectivity index (χ0v) is 5.45. The predicted octanol–water partition coefficient (Wildman–Crippen LogP) is -8.37. The summed E-state index contributed by atoms with van der Waals surface area (Å²) in [6, 6.07) is 0. The Balaban J connectivity index is -0.000000245.